The lowest BCUT2D eigenvalue weighted by molar-refractivity contribution is -0.137. The Morgan fingerprint density at radius 1 is 1.38 bits per heavy atom. The quantitative estimate of drug-likeness (QED) is 0.923. The van der Waals surface area contributed by atoms with Crippen LogP contribution in [-0.2, 0) is 10.9 Å². The molecule has 0 saturated carbocycles. The van der Waals surface area contributed by atoms with E-state index in [4.69, 9.17) is 22.1 Å². The summed E-state index contributed by atoms with van der Waals surface area (Å²) in [5, 5.41) is 7.66. The van der Waals surface area contributed by atoms with E-state index in [9.17, 15) is 13.2 Å². The number of halogens is 4. The van der Waals surface area contributed by atoms with Crippen LogP contribution in [0, 0.1) is 0 Å². The third-order valence-corrected chi connectivity index (χ3v) is 3.75. The fourth-order valence-corrected chi connectivity index (χ4v) is 2.66. The van der Waals surface area contributed by atoms with E-state index < -0.39 is 17.8 Å². The Balaban J connectivity index is 2.06. The number of nitrogens with two attached hydrogens (primary N) is 1. The molecule has 2 aromatic rings. The van der Waals surface area contributed by atoms with Gasteiger partial charge >= 0.3 is 6.18 Å². The van der Waals surface area contributed by atoms with Gasteiger partial charge in [-0.15, -0.1) is 10.2 Å². The predicted octanol–water partition coefficient (Wildman–Crippen LogP) is 2.58. The van der Waals surface area contributed by atoms with Crippen molar-refractivity contribution in [2.45, 2.75) is 31.2 Å². The summed E-state index contributed by atoms with van der Waals surface area (Å²) in [5.74, 6) is 0.314. The normalized spacial score (nSPS) is 23.1. The standard InChI is InChI=1S/C12H12ClF3N4O/c13-8-3-6(12(14,15)16)5-20-10(8)18-19-11(20)9-2-1-7(4-17)21-9/h3,5,7,9H,1-2,4,17H2. The Hall–Kier alpha value is -1.38. The van der Waals surface area contributed by atoms with Crippen LogP contribution in [0.25, 0.3) is 5.65 Å². The molecular weight excluding hydrogens is 309 g/mol. The summed E-state index contributed by atoms with van der Waals surface area (Å²) in [6.45, 7) is 0.363. The Morgan fingerprint density at radius 3 is 2.76 bits per heavy atom. The lowest BCUT2D eigenvalue weighted by Gasteiger charge is -2.12. The van der Waals surface area contributed by atoms with Gasteiger partial charge in [-0.05, 0) is 18.9 Å². The molecule has 1 fully saturated rings. The monoisotopic (exact) mass is 320 g/mol. The fourth-order valence-electron chi connectivity index (χ4n) is 2.41. The first-order chi connectivity index (χ1) is 9.90. The van der Waals surface area contributed by atoms with Gasteiger partial charge in [0.25, 0.3) is 0 Å². The highest BCUT2D eigenvalue weighted by atomic mass is 35.5. The Labute approximate surface area is 122 Å². The van der Waals surface area contributed by atoms with Crippen LogP contribution < -0.4 is 5.73 Å². The number of ether oxygens (including phenoxy) is 1. The van der Waals surface area contributed by atoms with Gasteiger partial charge in [0, 0.05) is 12.7 Å². The van der Waals surface area contributed by atoms with E-state index in [-0.39, 0.29) is 16.8 Å². The summed E-state index contributed by atoms with van der Waals surface area (Å²) >= 11 is 5.86. The van der Waals surface area contributed by atoms with Crippen LogP contribution in [0.2, 0.25) is 5.02 Å². The Bertz CT molecular complexity index is 672. The first-order valence-electron chi connectivity index (χ1n) is 6.37. The number of hydrogen-bond acceptors (Lipinski definition) is 4. The molecule has 5 nitrogen and oxygen atoms in total. The van der Waals surface area contributed by atoms with Crippen molar-refractivity contribution >= 4 is 17.2 Å². The minimum Gasteiger partial charge on any atom is -0.366 e. The fraction of sp³-hybridized carbons (Fsp3) is 0.500. The Kier molecular flexibility index (Phi) is 3.54. The maximum absolute atomic E-state index is 12.9. The molecule has 2 N–H and O–H groups in total. The van der Waals surface area contributed by atoms with Crippen molar-refractivity contribution in [2.75, 3.05) is 6.54 Å². The van der Waals surface area contributed by atoms with Crippen LogP contribution in [0.3, 0.4) is 0 Å². The summed E-state index contributed by atoms with van der Waals surface area (Å²) in [4.78, 5) is 0. The van der Waals surface area contributed by atoms with Gasteiger partial charge in [0.1, 0.15) is 6.10 Å². The van der Waals surface area contributed by atoms with Gasteiger partial charge in [-0.1, -0.05) is 11.6 Å². The highest BCUT2D eigenvalue weighted by Gasteiger charge is 2.34. The molecule has 0 aromatic carbocycles. The minimum absolute atomic E-state index is 0.100. The zero-order valence-corrected chi connectivity index (χ0v) is 11.5. The highest BCUT2D eigenvalue weighted by Crippen LogP contribution is 2.35. The van der Waals surface area contributed by atoms with Gasteiger partial charge in [-0.2, -0.15) is 13.2 Å². The average molecular weight is 321 g/mol. The number of aromatic nitrogens is 3. The first-order valence-corrected chi connectivity index (χ1v) is 6.75. The van der Waals surface area contributed by atoms with E-state index in [0.717, 1.165) is 18.7 Å². The van der Waals surface area contributed by atoms with Gasteiger partial charge in [0.15, 0.2) is 11.5 Å². The molecule has 9 heteroatoms. The smallest absolute Gasteiger partial charge is 0.366 e. The minimum atomic E-state index is -4.49. The lowest BCUT2D eigenvalue weighted by Crippen LogP contribution is -2.19. The zero-order valence-electron chi connectivity index (χ0n) is 10.8. The molecule has 1 aliphatic rings. The maximum Gasteiger partial charge on any atom is 0.417 e. The topological polar surface area (TPSA) is 65.4 Å². The maximum atomic E-state index is 12.9. The molecular formula is C12H12ClF3N4O. The van der Waals surface area contributed by atoms with Gasteiger partial charge in [-0.3, -0.25) is 4.40 Å². The van der Waals surface area contributed by atoms with E-state index >= 15 is 0 Å². The Morgan fingerprint density at radius 2 is 2.14 bits per heavy atom. The van der Waals surface area contributed by atoms with Gasteiger partial charge < -0.3 is 10.5 Å². The predicted molar refractivity (Wildman–Crippen MR) is 68.9 cm³/mol. The van der Waals surface area contributed by atoms with Gasteiger partial charge in [0.2, 0.25) is 0 Å². The molecule has 0 aliphatic carbocycles. The first kappa shape index (κ1) is 14.6. The summed E-state index contributed by atoms with van der Waals surface area (Å²) in [5.41, 5.74) is 4.86. The molecule has 0 radical (unpaired) electrons. The van der Waals surface area contributed by atoms with E-state index in [2.05, 4.69) is 10.2 Å². The zero-order chi connectivity index (χ0) is 15.2. The summed E-state index contributed by atoms with van der Waals surface area (Å²) in [6.07, 6.45) is -2.71. The van der Waals surface area contributed by atoms with Crippen LogP contribution >= 0.6 is 11.6 Å². The second kappa shape index (κ2) is 5.11. The van der Waals surface area contributed by atoms with Crippen LogP contribution in [0.5, 0.6) is 0 Å². The largest absolute Gasteiger partial charge is 0.417 e. The lowest BCUT2D eigenvalue weighted by atomic mass is 10.2. The van der Waals surface area contributed by atoms with Crippen LogP contribution in [-0.4, -0.2) is 27.2 Å². The summed E-state index contributed by atoms with van der Waals surface area (Å²) in [7, 11) is 0. The molecule has 3 rings (SSSR count). The number of pyridine rings is 1. The number of rotatable bonds is 2. The summed E-state index contributed by atoms with van der Waals surface area (Å²) < 4.78 is 45.5. The second-order valence-corrected chi connectivity index (χ2v) is 5.29. The van der Waals surface area contributed by atoms with Crippen molar-refractivity contribution in [1.29, 1.82) is 0 Å². The number of fused-ring (bicyclic) bond motifs is 1. The molecule has 2 aromatic heterocycles. The van der Waals surface area contributed by atoms with Crippen LogP contribution in [0.15, 0.2) is 12.3 Å². The molecule has 1 aliphatic heterocycles. The molecule has 0 spiro atoms. The molecule has 2 unspecified atom stereocenters. The van der Waals surface area contributed by atoms with Gasteiger partial charge in [0.05, 0.1) is 16.7 Å². The van der Waals surface area contributed by atoms with Crippen molar-refractivity contribution in [3.05, 3.63) is 28.7 Å². The third kappa shape index (κ3) is 2.58. The molecule has 3 heterocycles. The number of nitrogens with zero attached hydrogens (tertiary/aromatic N) is 3. The van der Waals surface area contributed by atoms with Crippen LogP contribution in [0.4, 0.5) is 13.2 Å². The van der Waals surface area contributed by atoms with E-state index in [1.807, 2.05) is 0 Å². The molecule has 1 saturated heterocycles. The molecule has 21 heavy (non-hydrogen) atoms. The average Bonchev–Trinajstić information content (AvgIpc) is 3.03. The van der Waals surface area contributed by atoms with E-state index in [1.165, 1.54) is 4.40 Å². The van der Waals surface area contributed by atoms with E-state index in [1.54, 1.807) is 0 Å². The molecule has 2 atom stereocenters. The summed E-state index contributed by atoms with van der Waals surface area (Å²) in [6, 6.07) is 0.841. The molecule has 0 amide bonds. The van der Waals surface area contributed by atoms with Gasteiger partial charge in [-0.25, -0.2) is 0 Å². The molecule has 0 bridgehead atoms. The van der Waals surface area contributed by atoms with Crippen molar-refractivity contribution in [1.82, 2.24) is 14.6 Å². The SMILES string of the molecule is NCC1CCC(c2nnc3c(Cl)cc(C(F)(F)F)cn23)O1. The van der Waals surface area contributed by atoms with Crippen molar-refractivity contribution in [3.63, 3.8) is 0 Å². The number of alkyl halides is 3. The molecule has 114 valence electrons. The van der Waals surface area contributed by atoms with Crippen LogP contribution in [0.1, 0.15) is 30.3 Å². The second-order valence-electron chi connectivity index (χ2n) is 4.89. The third-order valence-electron chi connectivity index (χ3n) is 3.47. The van der Waals surface area contributed by atoms with Crippen molar-refractivity contribution in [3.8, 4) is 0 Å². The van der Waals surface area contributed by atoms with E-state index in [0.29, 0.717) is 18.8 Å². The van der Waals surface area contributed by atoms with Crippen molar-refractivity contribution < 1.29 is 17.9 Å². The highest BCUT2D eigenvalue weighted by molar-refractivity contribution is 6.33. The van der Waals surface area contributed by atoms with Crippen molar-refractivity contribution in [2.24, 2.45) is 5.73 Å². The number of hydrogen-bond donors (Lipinski definition) is 1.